The zero-order valence-corrected chi connectivity index (χ0v) is 17.0. The van der Waals surface area contributed by atoms with Crippen LogP contribution >= 0.6 is 23.5 Å². The van der Waals surface area contributed by atoms with Crippen LogP contribution in [-0.2, 0) is 6.42 Å². The number of aromatic nitrogens is 3. The van der Waals surface area contributed by atoms with Gasteiger partial charge in [0.25, 0.3) is 12.3 Å². The Balaban J connectivity index is 1.86. The van der Waals surface area contributed by atoms with E-state index in [2.05, 4.69) is 25.7 Å². The van der Waals surface area contributed by atoms with E-state index in [1.807, 2.05) is 6.92 Å². The van der Waals surface area contributed by atoms with Gasteiger partial charge in [-0.05, 0) is 24.4 Å². The first-order valence-electron chi connectivity index (χ1n) is 8.46. The average molecular weight is 440 g/mol. The van der Waals surface area contributed by atoms with Crippen molar-refractivity contribution in [3.8, 4) is 17.7 Å². The molecule has 0 radical (unpaired) electrons. The molecule has 2 aromatic heterocycles. The van der Waals surface area contributed by atoms with E-state index >= 15 is 0 Å². The van der Waals surface area contributed by atoms with Crippen molar-refractivity contribution in [2.45, 2.75) is 24.7 Å². The average Bonchev–Trinajstić information content (AvgIpc) is 3.13. The molecule has 0 aliphatic carbocycles. The van der Waals surface area contributed by atoms with Crippen LogP contribution in [0.2, 0.25) is 5.02 Å². The number of H-pyrrole nitrogens is 1. The number of nitriles is 1. The molecule has 152 valence electrons. The number of alkyl halides is 2. The summed E-state index contributed by atoms with van der Waals surface area (Å²) in [4.78, 5) is 12.4. The summed E-state index contributed by atoms with van der Waals surface area (Å²) >= 11 is 7.28. The summed E-state index contributed by atoms with van der Waals surface area (Å²) in [6.45, 7) is 1.05. The fraction of sp³-hybridized carbons (Fsp3) is 0.278. The number of benzene rings is 1. The van der Waals surface area contributed by atoms with Crippen LogP contribution in [0.5, 0.6) is 11.6 Å². The highest BCUT2D eigenvalue weighted by molar-refractivity contribution is 8.00. The number of ether oxygens (including phenoxy) is 2. The molecule has 0 aliphatic rings. The van der Waals surface area contributed by atoms with Crippen LogP contribution in [0, 0.1) is 11.3 Å². The summed E-state index contributed by atoms with van der Waals surface area (Å²) < 4.78 is 38.3. The Bertz CT molecular complexity index is 1050. The predicted octanol–water partition coefficient (Wildman–Crippen LogP) is 4.82. The standard InChI is InChI=1S/C18H16ClF2N5O2S/c1-3-12-16(28-8-14(20)21)17(27-2)25-18(24-12)26-29-13-7-23-15-9(13)4-5-11(19)10(15)6-22/h4-5,7,14,23H,3,8H2,1-2H3,(H,24,25,26). The van der Waals surface area contributed by atoms with E-state index < -0.39 is 13.0 Å². The van der Waals surface area contributed by atoms with E-state index in [1.165, 1.54) is 19.1 Å². The molecule has 3 aromatic rings. The van der Waals surface area contributed by atoms with Gasteiger partial charge in [-0.15, -0.1) is 0 Å². The second-order valence-electron chi connectivity index (χ2n) is 5.70. The molecule has 11 heteroatoms. The fourth-order valence-electron chi connectivity index (χ4n) is 2.63. The lowest BCUT2D eigenvalue weighted by atomic mass is 10.1. The number of nitrogens with zero attached hydrogens (tertiary/aromatic N) is 3. The van der Waals surface area contributed by atoms with Crippen molar-refractivity contribution in [2.75, 3.05) is 18.4 Å². The maximum absolute atomic E-state index is 12.5. The number of methoxy groups -OCH3 is 1. The van der Waals surface area contributed by atoms with E-state index in [0.29, 0.717) is 28.2 Å². The smallest absolute Gasteiger partial charge is 0.272 e. The molecule has 0 atom stereocenters. The van der Waals surface area contributed by atoms with Crippen LogP contribution < -0.4 is 14.2 Å². The van der Waals surface area contributed by atoms with Gasteiger partial charge in [0.1, 0.15) is 12.7 Å². The molecule has 0 fully saturated rings. The minimum absolute atomic E-state index is 0.0677. The maximum Gasteiger partial charge on any atom is 0.272 e. The molecule has 0 spiro atoms. The Morgan fingerprint density at radius 3 is 2.83 bits per heavy atom. The van der Waals surface area contributed by atoms with Crippen molar-refractivity contribution < 1.29 is 18.3 Å². The van der Waals surface area contributed by atoms with E-state index in [0.717, 1.165) is 10.3 Å². The first-order chi connectivity index (χ1) is 14.0. The molecule has 0 saturated heterocycles. The fourth-order valence-corrected chi connectivity index (χ4v) is 3.52. The van der Waals surface area contributed by atoms with E-state index in [4.69, 9.17) is 21.1 Å². The quantitative estimate of drug-likeness (QED) is 0.486. The zero-order valence-electron chi connectivity index (χ0n) is 15.4. The number of hydrogen-bond acceptors (Lipinski definition) is 7. The van der Waals surface area contributed by atoms with Crippen molar-refractivity contribution >= 4 is 40.4 Å². The van der Waals surface area contributed by atoms with Crippen LogP contribution in [0.4, 0.5) is 14.7 Å². The van der Waals surface area contributed by atoms with Gasteiger partial charge in [0.2, 0.25) is 11.7 Å². The lowest BCUT2D eigenvalue weighted by Gasteiger charge is -2.14. The Labute approximate surface area is 174 Å². The molecule has 0 amide bonds. The Morgan fingerprint density at radius 2 is 2.17 bits per heavy atom. The number of halogens is 3. The molecular weight excluding hydrogens is 424 g/mol. The molecule has 0 aliphatic heterocycles. The third-order valence-electron chi connectivity index (χ3n) is 3.92. The molecule has 2 heterocycles. The van der Waals surface area contributed by atoms with Crippen LogP contribution in [-0.4, -0.2) is 35.1 Å². The number of nitrogens with one attached hydrogen (secondary N) is 2. The molecule has 29 heavy (non-hydrogen) atoms. The van der Waals surface area contributed by atoms with Gasteiger partial charge < -0.3 is 14.5 Å². The van der Waals surface area contributed by atoms with Gasteiger partial charge in [0.05, 0.1) is 33.8 Å². The topological polar surface area (TPSA) is 95.9 Å². The van der Waals surface area contributed by atoms with Crippen LogP contribution in [0.3, 0.4) is 0 Å². The van der Waals surface area contributed by atoms with Crippen molar-refractivity contribution in [3.63, 3.8) is 0 Å². The zero-order chi connectivity index (χ0) is 21.0. The number of anilines is 1. The minimum Gasteiger partial charge on any atom is -0.480 e. The molecular formula is C18H16ClF2N5O2S. The summed E-state index contributed by atoms with van der Waals surface area (Å²) in [5.74, 6) is 0.404. The highest BCUT2D eigenvalue weighted by Crippen LogP contribution is 2.34. The van der Waals surface area contributed by atoms with Gasteiger partial charge >= 0.3 is 0 Å². The third kappa shape index (κ3) is 4.46. The molecule has 7 nitrogen and oxygen atoms in total. The molecule has 1 aromatic carbocycles. The molecule has 0 bridgehead atoms. The first kappa shape index (κ1) is 21.0. The number of rotatable bonds is 8. The van der Waals surface area contributed by atoms with Gasteiger partial charge in [-0.1, -0.05) is 24.6 Å². The van der Waals surface area contributed by atoms with Crippen LogP contribution in [0.15, 0.2) is 23.2 Å². The number of aryl methyl sites for hydroxylation is 1. The lowest BCUT2D eigenvalue weighted by molar-refractivity contribution is 0.0793. The lowest BCUT2D eigenvalue weighted by Crippen LogP contribution is -2.11. The first-order valence-corrected chi connectivity index (χ1v) is 9.66. The molecule has 0 unspecified atom stereocenters. The van der Waals surface area contributed by atoms with Crippen LogP contribution in [0.25, 0.3) is 10.9 Å². The van der Waals surface area contributed by atoms with E-state index in [9.17, 15) is 14.0 Å². The van der Waals surface area contributed by atoms with Gasteiger partial charge in [-0.25, -0.2) is 13.8 Å². The summed E-state index contributed by atoms with van der Waals surface area (Å²) in [5, 5.41) is 10.5. The summed E-state index contributed by atoms with van der Waals surface area (Å²) in [6.07, 6.45) is -0.447. The highest BCUT2D eigenvalue weighted by atomic mass is 35.5. The largest absolute Gasteiger partial charge is 0.480 e. The summed E-state index contributed by atoms with van der Waals surface area (Å²) in [5.41, 5.74) is 1.44. The SMILES string of the molecule is CCc1nc(NSc2c[nH]c3c(C#N)c(Cl)ccc23)nc(OC)c1OCC(F)F. The van der Waals surface area contributed by atoms with Gasteiger partial charge in [-0.3, -0.25) is 4.72 Å². The van der Waals surface area contributed by atoms with Crippen molar-refractivity contribution in [1.82, 2.24) is 15.0 Å². The third-order valence-corrected chi connectivity index (χ3v) is 5.08. The predicted molar refractivity (Wildman–Crippen MR) is 107 cm³/mol. The summed E-state index contributed by atoms with van der Waals surface area (Å²) in [6, 6.07) is 5.54. The number of fused-ring (bicyclic) bond motifs is 1. The van der Waals surface area contributed by atoms with E-state index in [-0.39, 0.29) is 17.6 Å². The minimum atomic E-state index is -2.62. The second-order valence-corrected chi connectivity index (χ2v) is 6.96. The normalized spacial score (nSPS) is 10.9. The molecule has 2 N–H and O–H groups in total. The van der Waals surface area contributed by atoms with Gasteiger partial charge in [0, 0.05) is 11.6 Å². The van der Waals surface area contributed by atoms with Gasteiger partial charge in [0.15, 0.2) is 0 Å². The molecule has 0 saturated carbocycles. The monoisotopic (exact) mass is 439 g/mol. The number of aromatic amines is 1. The number of hydrogen-bond donors (Lipinski definition) is 2. The maximum atomic E-state index is 12.5. The second kappa shape index (κ2) is 9.15. The van der Waals surface area contributed by atoms with E-state index in [1.54, 1.807) is 18.3 Å². The van der Waals surface area contributed by atoms with Gasteiger partial charge in [-0.2, -0.15) is 10.2 Å². The highest BCUT2D eigenvalue weighted by Gasteiger charge is 2.18. The molecule has 3 rings (SSSR count). The summed E-state index contributed by atoms with van der Waals surface area (Å²) in [7, 11) is 1.38. The Hall–Kier alpha value is -2.77. The Kier molecular flexibility index (Phi) is 6.61. The van der Waals surface area contributed by atoms with Crippen molar-refractivity contribution in [3.05, 3.63) is 34.6 Å². The van der Waals surface area contributed by atoms with Crippen LogP contribution in [0.1, 0.15) is 18.2 Å². The van der Waals surface area contributed by atoms with Crippen molar-refractivity contribution in [1.29, 1.82) is 5.26 Å². The Morgan fingerprint density at radius 1 is 1.38 bits per heavy atom. The van der Waals surface area contributed by atoms with Crippen molar-refractivity contribution in [2.24, 2.45) is 0 Å².